The van der Waals surface area contributed by atoms with Crippen LogP contribution < -0.4 is 20.5 Å². The number of benzene rings is 2. The molecule has 4 rings (SSSR count). The van der Waals surface area contributed by atoms with Gasteiger partial charge in [-0.2, -0.15) is 10.1 Å². The molecular formula is C24H27N5O4. The molecule has 0 fully saturated rings. The number of nitrogens with one attached hydrogen (secondary N) is 1. The van der Waals surface area contributed by atoms with Crippen LogP contribution in [0.2, 0.25) is 0 Å². The van der Waals surface area contributed by atoms with Crippen molar-refractivity contribution < 1.29 is 19.4 Å². The standard InChI is InChI=1S/C24H27N5O4/c1-15-21(23(25)31)22(29-24(26-15)27-20(28-29)9-6-12-30)17-10-11-18(32-2)19(13-17)33-14-16-7-4-3-5-8-16/h3-5,7-8,10-11,13,22,30H,6,9,12,14H2,1-2H3,(H2,25,31)(H,26,27,28). The quantitative estimate of drug-likeness (QED) is 0.458. The summed E-state index contributed by atoms with van der Waals surface area (Å²) >= 11 is 0. The molecule has 9 nitrogen and oxygen atoms in total. The predicted molar refractivity (Wildman–Crippen MR) is 123 cm³/mol. The summed E-state index contributed by atoms with van der Waals surface area (Å²) in [6, 6.07) is 14.7. The van der Waals surface area contributed by atoms with Crippen molar-refractivity contribution in [3.8, 4) is 11.5 Å². The van der Waals surface area contributed by atoms with Gasteiger partial charge in [0.25, 0.3) is 0 Å². The Labute approximate surface area is 191 Å². The topological polar surface area (TPSA) is 125 Å². The van der Waals surface area contributed by atoms with Gasteiger partial charge in [0.15, 0.2) is 17.3 Å². The number of amides is 1. The fourth-order valence-electron chi connectivity index (χ4n) is 3.88. The summed E-state index contributed by atoms with van der Waals surface area (Å²) in [4.78, 5) is 17.0. The van der Waals surface area contributed by atoms with Gasteiger partial charge in [0, 0.05) is 18.7 Å². The highest BCUT2D eigenvalue weighted by molar-refractivity contribution is 5.95. The van der Waals surface area contributed by atoms with E-state index in [0.717, 1.165) is 11.1 Å². The van der Waals surface area contributed by atoms with E-state index in [4.69, 9.17) is 20.3 Å². The number of rotatable bonds is 9. The number of allylic oxidation sites excluding steroid dienone is 1. The van der Waals surface area contributed by atoms with Gasteiger partial charge in [0.2, 0.25) is 11.9 Å². The Morgan fingerprint density at radius 3 is 2.70 bits per heavy atom. The first kappa shape index (κ1) is 22.3. The number of aliphatic hydroxyl groups is 1. The maximum absolute atomic E-state index is 12.4. The van der Waals surface area contributed by atoms with Crippen LogP contribution in [0.15, 0.2) is 59.8 Å². The molecule has 2 aromatic carbocycles. The third kappa shape index (κ3) is 4.68. The zero-order chi connectivity index (χ0) is 23.4. The molecule has 4 N–H and O–H groups in total. The Balaban J connectivity index is 1.74. The first-order valence-electron chi connectivity index (χ1n) is 10.7. The molecule has 33 heavy (non-hydrogen) atoms. The van der Waals surface area contributed by atoms with Crippen molar-refractivity contribution in [3.05, 3.63) is 76.8 Å². The Hall–Kier alpha value is -3.85. The molecular weight excluding hydrogens is 422 g/mol. The van der Waals surface area contributed by atoms with Crippen LogP contribution in [0.5, 0.6) is 11.5 Å². The van der Waals surface area contributed by atoms with Gasteiger partial charge in [0.05, 0.1) is 12.7 Å². The van der Waals surface area contributed by atoms with Gasteiger partial charge in [-0.05, 0) is 36.6 Å². The number of nitrogens with two attached hydrogens (primary N) is 1. The van der Waals surface area contributed by atoms with Crippen LogP contribution in [0, 0.1) is 0 Å². The largest absolute Gasteiger partial charge is 0.493 e. The number of anilines is 1. The second-order valence-electron chi connectivity index (χ2n) is 7.74. The summed E-state index contributed by atoms with van der Waals surface area (Å²) in [6.45, 7) is 2.20. The molecule has 2 heterocycles. The van der Waals surface area contributed by atoms with Gasteiger partial charge in [0.1, 0.15) is 12.6 Å². The zero-order valence-electron chi connectivity index (χ0n) is 18.6. The zero-order valence-corrected chi connectivity index (χ0v) is 18.6. The van der Waals surface area contributed by atoms with Crippen molar-refractivity contribution in [2.75, 3.05) is 19.0 Å². The Kier molecular flexibility index (Phi) is 6.60. The predicted octanol–water partition coefficient (Wildman–Crippen LogP) is 2.56. The summed E-state index contributed by atoms with van der Waals surface area (Å²) < 4.78 is 13.2. The lowest BCUT2D eigenvalue weighted by Gasteiger charge is -2.28. The number of methoxy groups -OCH3 is 1. The number of aryl methyl sites for hydroxylation is 1. The molecule has 0 radical (unpaired) electrons. The van der Waals surface area contributed by atoms with Crippen molar-refractivity contribution in [3.63, 3.8) is 0 Å². The number of hydrogen-bond donors (Lipinski definition) is 3. The van der Waals surface area contributed by atoms with E-state index in [0.29, 0.717) is 54.0 Å². The minimum Gasteiger partial charge on any atom is -0.493 e. The van der Waals surface area contributed by atoms with Gasteiger partial charge < -0.3 is 25.6 Å². The number of nitrogens with zero attached hydrogens (tertiary/aromatic N) is 3. The first-order valence-corrected chi connectivity index (χ1v) is 10.7. The van der Waals surface area contributed by atoms with Crippen molar-refractivity contribution in [1.82, 2.24) is 14.8 Å². The maximum Gasteiger partial charge on any atom is 0.248 e. The number of primary amides is 1. The molecule has 0 bridgehead atoms. The van der Waals surface area contributed by atoms with Crippen molar-refractivity contribution in [2.45, 2.75) is 32.4 Å². The molecule has 1 unspecified atom stereocenters. The Morgan fingerprint density at radius 2 is 2.00 bits per heavy atom. The average molecular weight is 450 g/mol. The molecule has 172 valence electrons. The highest BCUT2D eigenvalue weighted by atomic mass is 16.5. The molecule has 1 aliphatic heterocycles. The molecule has 1 amide bonds. The molecule has 1 aliphatic rings. The van der Waals surface area contributed by atoms with E-state index >= 15 is 0 Å². The van der Waals surface area contributed by atoms with Crippen LogP contribution in [0.4, 0.5) is 5.95 Å². The summed E-state index contributed by atoms with van der Waals surface area (Å²) in [5, 5.41) is 16.9. The summed E-state index contributed by atoms with van der Waals surface area (Å²) in [5.41, 5.74) is 8.55. The molecule has 0 saturated carbocycles. The maximum atomic E-state index is 12.4. The Morgan fingerprint density at radius 1 is 1.21 bits per heavy atom. The smallest absolute Gasteiger partial charge is 0.248 e. The minimum absolute atomic E-state index is 0.0468. The lowest BCUT2D eigenvalue weighted by atomic mass is 9.95. The third-order valence-electron chi connectivity index (χ3n) is 5.46. The molecule has 1 atom stereocenters. The highest BCUT2D eigenvalue weighted by Crippen LogP contribution is 2.38. The SMILES string of the molecule is COc1ccc(C2C(C(N)=O)=C(C)Nc3nc(CCCO)nn32)cc1OCc1ccccc1. The fourth-order valence-corrected chi connectivity index (χ4v) is 3.88. The van der Waals surface area contributed by atoms with E-state index in [2.05, 4.69) is 15.4 Å². The van der Waals surface area contributed by atoms with E-state index in [1.54, 1.807) is 24.8 Å². The number of aromatic nitrogens is 3. The normalized spacial score (nSPS) is 15.1. The van der Waals surface area contributed by atoms with Crippen LogP contribution in [0.25, 0.3) is 0 Å². The first-order chi connectivity index (χ1) is 16.0. The van der Waals surface area contributed by atoms with Crippen molar-refractivity contribution in [1.29, 1.82) is 0 Å². The summed E-state index contributed by atoms with van der Waals surface area (Å²) in [7, 11) is 1.58. The highest BCUT2D eigenvalue weighted by Gasteiger charge is 2.33. The van der Waals surface area contributed by atoms with Crippen LogP contribution >= 0.6 is 0 Å². The molecule has 9 heteroatoms. The summed E-state index contributed by atoms with van der Waals surface area (Å²) in [5.74, 6) is 1.65. The van der Waals surface area contributed by atoms with E-state index < -0.39 is 11.9 Å². The van der Waals surface area contributed by atoms with E-state index in [9.17, 15) is 4.79 Å². The summed E-state index contributed by atoms with van der Waals surface area (Å²) in [6.07, 6.45) is 1.06. The number of aliphatic hydroxyl groups excluding tert-OH is 1. The molecule has 0 aliphatic carbocycles. The second kappa shape index (κ2) is 9.74. The van der Waals surface area contributed by atoms with Crippen LogP contribution in [-0.2, 0) is 17.8 Å². The average Bonchev–Trinajstić information content (AvgIpc) is 3.23. The van der Waals surface area contributed by atoms with Crippen molar-refractivity contribution in [2.24, 2.45) is 5.73 Å². The van der Waals surface area contributed by atoms with Crippen molar-refractivity contribution >= 4 is 11.9 Å². The number of fused-ring (bicyclic) bond motifs is 1. The molecule has 0 saturated heterocycles. The van der Waals surface area contributed by atoms with Gasteiger partial charge in [-0.3, -0.25) is 4.79 Å². The third-order valence-corrected chi connectivity index (χ3v) is 5.46. The van der Waals surface area contributed by atoms with Crippen LogP contribution in [-0.4, -0.2) is 39.5 Å². The van der Waals surface area contributed by atoms with E-state index in [1.807, 2.05) is 42.5 Å². The van der Waals surface area contributed by atoms with Gasteiger partial charge >= 0.3 is 0 Å². The van der Waals surface area contributed by atoms with Crippen LogP contribution in [0.3, 0.4) is 0 Å². The number of ether oxygens (including phenoxy) is 2. The molecule has 3 aromatic rings. The molecule has 0 spiro atoms. The fraction of sp³-hybridized carbons (Fsp3) is 0.292. The monoisotopic (exact) mass is 449 g/mol. The minimum atomic E-state index is -0.584. The van der Waals surface area contributed by atoms with E-state index in [-0.39, 0.29) is 6.61 Å². The van der Waals surface area contributed by atoms with E-state index in [1.165, 1.54) is 0 Å². The van der Waals surface area contributed by atoms with Gasteiger partial charge in [-0.1, -0.05) is 36.4 Å². The number of hydrogen-bond acceptors (Lipinski definition) is 7. The number of carbonyl (C=O) groups is 1. The Bertz CT molecular complexity index is 1170. The lowest BCUT2D eigenvalue weighted by Crippen LogP contribution is -2.31. The second-order valence-corrected chi connectivity index (χ2v) is 7.74. The van der Waals surface area contributed by atoms with Gasteiger partial charge in [-0.25, -0.2) is 4.68 Å². The lowest BCUT2D eigenvalue weighted by molar-refractivity contribution is -0.115. The molecule has 1 aromatic heterocycles. The number of carbonyl (C=O) groups excluding carboxylic acids is 1. The van der Waals surface area contributed by atoms with Crippen LogP contribution in [0.1, 0.15) is 36.3 Å². The van der Waals surface area contributed by atoms with Gasteiger partial charge in [-0.15, -0.1) is 0 Å².